The largest absolute Gasteiger partial charge is 0.494 e. The molecule has 62 heavy (non-hydrogen) atoms. The van der Waals surface area contributed by atoms with Crippen molar-refractivity contribution in [3.8, 4) is 11.1 Å². The van der Waals surface area contributed by atoms with E-state index < -0.39 is 18.3 Å². The number of carbonyl (C=O) groups is 4. The summed E-state index contributed by atoms with van der Waals surface area (Å²) in [5.74, 6) is -1.82. The molecule has 4 aromatic carbocycles. The lowest BCUT2D eigenvalue weighted by molar-refractivity contribution is -0.144. The maximum atomic E-state index is 14.7. The second kappa shape index (κ2) is 22.2. The summed E-state index contributed by atoms with van der Waals surface area (Å²) in [4.78, 5) is 45.0. The van der Waals surface area contributed by atoms with E-state index in [2.05, 4.69) is 15.9 Å². The van der Waals surface area contributed by atoms with Crippen LogP contribution in [0, 0.1) is 53.2 Å². The lowest BCUT2D eigenvalue weighted by atomic mass is 9.76. The van der Waals surface area contributed by atoms with Gasteiger partial charge in [-0.2, -0.15) is 0 Å². The molecule has 0 amide bonds. The standard InChI is InChI=1S/C22H25FO3.C19H28BFO4.C9H9BrO/c1-6-26-20(25)10-13(2)19-11-18(9-16(5)22(19)23)21-14(3)7-17(12-24)8-15(21)4;1-8-23-16(22)10-12(2)15-11-14(9-13(3)17(15)21)20-24-18(4,5)19(6,7)25-20;1-6-3-8(5-11)4-7(2)9(6)10/h7-9,11-13H,6,10H2,1-5H3;9,11-12H,8,10H2,1-7H3;3-5H,1-2H3/t13-;12-;/m00./s1. The van der Waals surface area contributed by atoms with Gasteiger partial charge in [0.2, 0.25) is 0 Å². The predicted molar refractivity (Wildman–Crippen MR) is 247 cm³/mol. The van der Waals surface area contributed by atoms with Crippen molar-refractivity contribution in [2.24, 2.45) is 0 Å². The molecule has 1 heterocycles. The van der Waals surface area contributed by atoms with Gasteiger partial charge in [-0.3, -0.25) is 19.2 Å². The van der Waals surface area contributed by atoms with Crippen LogP contribution in [-0.4, -0.2) is 56.0 Å². The summed E-state index contributed by atoms with van der Waals surface area (Å²) in [5.41, 5.74) is 9.25. The van der Waals surface area contributed by atoms with Crippen molar-refractivity contribution in [1.29, 1.82) is 0 Å². The van der Waals surface area contributed by atoms with Crippen molar-refractivity contribution < 1.29 is 46.7 Å². The highest BCUT2D eigenvalue weighted by Gasteiger charge is 2.52. The fourth-order valence-electron chi connectivity index (χ4n) is 7.33. The minimum atomic E-state index is -0.558. The van der Waals surface area contributed by atoms with Crippen LogP contribution in [-0.2, 0) is 28.4 Å². The number of rotatable bonds is 12. The van der Waals surface area contributed by atoms with Gasteiger partial charge in [-0.05, 0) is 192 Å². The Hall–Kier alpha value is -4.52. The van der Waals surface area contributed by atoms with Crippen LogP contribution in [0.2, 0.25) is 0 Å². The van der Waals surface area contributed by atoms with Crippen molar-refractivity contribution in [3.63, 3.8) is 0 Å². The molecule has 0 aromatic heterocycles. The van der Waals surface area contributed by atoms with E-state index in [9.17, 15) is 28.0 Å². The van der Waals surface area contributed by atoms with Crippen LogP contribution in [0.5, 0.6) is 0 Å². The van der Waals surface area contributed by atoms with Gasteiger partial charge >= 0.3 is 19.1 Å². The summed E-state index contributed by atoms with van der Waals surface area (Å²) >= 11 is 3.43. The minimum absolute atomic E-state index is 0.135. The maximum Gasteiger partial charge on any atom is 0.494 e. The highest BCUT2D eigenvalue weighted by molar-refractivity contribution is 9.10. The fourth-order valence-corrected chi connectivity index (χ4v) is 7.56. The van der Waals surface area contributed by atoms with E-state index in [4.69, 9.17) is 18.8 Å². The number of aldehydes is 2. The van der Waals surface area contributed by atoms with Gasteiger partial charge < -0.3 is 18.8 Å². The van der Waals surface area contributed by atoms with Gasteiger partial charge in [0.1, 0.15) is 24.2 Å². The molecule has 0 spiro atoms. The zero-order chi connectivity index (χ0) is 46.9. The molecular formula is C50H62BBrF2O8. The number of hydrogen-bond donors (Lipinski definition) is 0. The summed E-state index contributed by atoms with van der Waals surface area (Å²) in [6.45, 7) is 27.0. The summed E-state index contributed by atoms with van der Waals surface area (Å²) in [5, 5.41) is 0. The van der Waals surface area contributed by atoms with E-state index in [0.717, 1.165) is 61.5 Å². The number of esters is 2. The average molecular weight is 920 g/mol. The zero-order valence-electron chi connectivity index (χ0n) is 38.7. The topological polar surface area (TPSA) is 105 Å². The van der Waals surface area contributed by atoms with Crippen molar-refractivity contribution in [2.75, 3.05) is 13.2 Å². The molecule has 0 aliphatic carbocycles. The van der Waals surface area contributed by atoms with Crippen LogP contribution in [0.15, 0.2) is 53.0 Å². The van der Waals surface area contributed by atoms with Gasteiger partial charge in [0, 0.05) is 15.6 Å². The quantitative estimate of drug-likeness (QED) is 0.0786. The highest BCUT2D eigenvalue weighted by atomic mass is 79.9. The van der Waals surface area contributed by atoms with Crippen LogP contribution in [0.4, 0.5) is 8.78 Å². The normalized spacial score (nSPS) is 14.7. The van der Waals surface area contributed by atoms with Crippen LogP contribution < -0.4 is 5.46 Å². The number of halogens is 3. The second-order valence-electron chi connectivity index (χ2n) is 17.1. The third kappa shape index (κ3) is 13.0. The van der Waals surface area contributed by atoms with Gasteiger partial charge in [0.05, 0.1) is 37.3 Å². The van der Waals surface area contributed by atoms with Crippen molar-refractivity contribution in [1.82, 2.24) is 0 Å². The summed E-state index contributed by atoms with van der Waals surface area (Å²) in [6, 6.07) is 14.5. The Morgan fingerprint density at radius 1 is 0.645 bits per heavy atom. The van der Waals surface area contributed by atoms with E-state index in [0.29, 0.717) is 41.0 Å². The molecule has 2 atom stereocenters. The Labute approximate surface area is 375 Å². The maximum absolute atomic E-state index is 14.7. The lowest BCUT2D eigenvalue weighted by Gasteiger charge is -2.32. The van der Waals surface area contributed by atoms with E-state index in [-0.39, 0.29) is 48.3 Å². The molecule has 0 N–H and O–H groups in total. The molecular weight excluding hydrogens is 857 g/mol. The first-order chi connectivity index (χ1) is 28.9. The molecule has 1 fully saturated rings. The first kappa shape index (κ1) is 51.8. The Bertz CT molecular complexity index is 2210. The summed E-state index contributed by atoms with van der Waals surface area (Å²) in [7, 11) is -0.558. The molecule has 0 saturated carbocycles. The number of aryl methyl sites for hydroxylation is 6. The van der Waals surface area contributed by atoms with Gasteiger partial charge in [0.25, 0.3) is 0 Å². The monoisotopic (exact) mass is 918 g/mol. The fraction of sp³-hybridized carbons (Fsp3) is 0.440. The average Bonchev–Trinajstić information content (AvgIpc) is 3.41. The molecule has 0 radical (unpaired) electrons. The van der Waals surface area contributed by atoms with Crippen LogP contribution in [0.1, 0.15) is 145 Å². The third-order valence-electron chi connectivity index (χ3n) is 11.3. The van der Waals surface area contributed by atoms with Crippen molar-refractivity contribution in [2.45, 2.75) is 133 Å². The lowest BCUT2D eigenvalue weighted by Crippen LogP contribution is -2.41. The number of benzene rings is 4. The van der Waals surface area contributed by atoms with Gasteiger partial charge in [-0.25, -0.2) is 8.78 Å². The van der Waals surface area contributed by atoms with Gasteiger partial charge in [0.15, 0.2) is 0 Å². The van der Waals surface area contributed by atoms with E-state index in [1.165, 1.54) is 0 Å². The molecule has 1 aliphatic rings. The van der Waals surface area contributed by atoms with Crippen molar-refractivity contribution >= 4 is 53.0 Å². The Kier molecular flexibility index (Phi) is 18.6. The molecule has 1 saturated heterocycles. The molecule has 4 aromatic rings. The SMILES string of the molecule is CCOC(=O)C[C@H](C)c1cc(-c2c(C)cc(C=O)cc2C)cc(C)c1F.CCOC(=O)C[C@H](C)c1cc(B2OC(C)(C)C(C)(C)O2)cc(C)c1F.Cc1cc(C=O)cc(C)c1Br. The van der Waals surface area contributed by atoms with Gasteiger partial charge in [-0.15, -0.1) is 0 Å². The number of hydrogen-bond acceptors (Lipinski definition) is 8. The number of ether oxygens (including phenoxy) is 2. The second-order valence-corrected chi connectivity index (χ2v) is 17.9. The predicted octanol–water partition coefficient (Wildman–Crippen LogP) is 11.7. The molecule has 0 unspecified atom stereocenters. The summed E-state index contributed by atoms with van der Waals surface area (Å²) in [6.07, 6.45) is 1.96. The first-order valence-corrected chi connectivity index (χ1v) is 21.8. The van der Waals surface area contributed by atoms with E-state index in [1.807, 2.05) is 106 Å². The number of carbonyl (C=O) groups excluding carboxylic acids is 4. The Morgan fingerprint density at radius 2 is 1.03 bits per heavy atom. The Morgan fingerprint density at radius 3 is 1.44 bits per heavy atom. The van der Waals surface area contributed by atoms with Crippen LogP contribution >= 0.6 is 15.9 Å². The third-order valence-corrected chi connectivity index (χ3v) is 12.6. The first-order valence-electron chi connectivity index (χ1n) is 21.0. The van der Waals surface area contributed by atoms with Crippen molar-refractivity contribution in [3.05, 3.63) is 120 Å². The molecule has 8 nitrogen and oxygen atoms in total. The smallest absolute Gasteiger partial charge is 0.466 e. The molecule has 0 bridgehead atoms. The Balaban J connectivity index is 0.000000267. The van der Waals surface area contributed by atoms with Crippen LogP contribution in [0.25, 0.3) is 11.1 Å². The molecule has 5 rings (SSSR count). The van der Waals surface area contributed by atoms with E-state index >= 15 is 0 Å². The minimum Gasteiger partial charge on any atom is -0.466 e. The molecule has 12 heteroatoms. The van der Waals surface area contributed by atoms with E-state index in [1.54, 1.807) is 39.8 Å². The molecule has 334 valence electrons. The van der Waals surface area contributed by atoms with Crippen LogP contribution in [0.3, 0.4) is 0 Å². The zero-order valence-corrected chi connectivity index (χ0v) is 40.3. The summed E-state index contributed by atoms with van der Waals surface area (Å²) < 4.78 is 52.5. The van der Waals surface area contributed by atoms with Gasteiger partial charge in [-0.1, -0.05) is 41.9 Å². The molecule has 1 aliphatic heterocycles. The highest BCUT2D eigenvalue weighted by Crippen LogP contribution is 2.38.